The number of allylic oxidation sites excluding steroid dienone is 6. The van der Waals surface area contributed by atoms with Crippen molar-refractivity contribution >= 4 is 7.37 Å². The lowest BCUT2D eigenvalue weighted by Crippen LogP contribution is -2.09. The number of hydrogen-bond acceptors (Lipinski definition) is 2. The van der Waals surface area contributed by atoms with Gasteiger partial charge in [0.25, 0.3) is 0 Å². The van der Waals surface area contributed by atoms with E-state index < -0.39 is 12.5 Å². The van der Waals surface area contributed by atoms with Crippen LogP contribution in [0.25, 0.3) is 0 Å². The van der Waals surface area contributed by atoms with E-state index in [2.05, 4.69) is 0 Å². The lowest BCUT2D eigenvalue weighted by Gasteiger charge is -2.21. The summed E-state index contributed by atoms with van der Waals surface area (Å²) in [6, 6.07) is 2.03. The fourth-order valence-corrected chi connectivity index (χ4v) is 4.12. The average Bonchev–Trinajstić information content (AvgIpc) is 3.02. The maximum atomic E-state index is 12.5. The average molecular weight is 249 g/mol. The van der Waals surface area contributed by atoms with Gasteiger partial charge in [-0.15, -0.1) is 0 Å². The molecule has 0 bridgehead atoms. The quantitative estimate of drug-likeness (QED) is 0.763. The molecule has 1 unspecified atom stereocenters. The topological polar surface area (TPSA) is 61.1 Å². The van der Waals surface area contributed by atoms with E-state index >= 15 is 0 Å². The summed E-state index contributed by atoms with van der Waals surface area (Å²) in [4.78, 5) is 10.3. The predicted molar refractivity (Wildman–Crippen MR) is 67.5 cm³/mol. The zero-order valence-electron chi connectivity index (χ0n) is 10.1. The Bertz CT molecular complexity index is 516. The molecular formula is C13H16NO2P. The lowest BCUT2D eigenvalue weighted by atomic mass is 9.93. The molecule has 2 rings (SSSR count). The molecule has 0 saturated heterocycles. The van der Waals surface area contributed by atoms with Gasteiger partial charge < -0.3 is 4.89 Å². The van der Waals surface area contributed by atoms with Gasteiger partial charge in [0.2, 0.25) is 7.37 Å². The van der Waals surface area contributed by atoms with Crippen LogP contribution in [0.2, 0.25) is 0 Å². The Hall–Kier alpha value is -1.10. The Morgan fingerprint density at radius 1 is 1.41 bits per heavy atom. The molecule has 2 aliphatic carbocycles. The number of nitrogens with zero attached hydrogens (tertiary/aromatic N) is 1. The largest absolute Gasteiger partial charge is 0.340 e. The van der Waals surface area contributed by atoms with Crippen LogP contribution in [-0.4, -0.2) is 10.0 Å². The first-order chi connectivity index (χ1) is 7.83. The van der Waals surface area contributed by atoms with Crippen molar-refractivity contribution < 1.29 is 9.46 Å². The second-order valence-electron chi connectivity index (χ2n) is 5.33. The highest BCUT2D eigenvalue weighted by Crippen LogP contribution is 2.72. The molecule has 3 nitrogen and oxygen atoms in total. The molecule has 0 radical (unpaired) electrons. The van der Waals surface area contributed by atoms with Gasteiger partial charge in [0.15, 0.2) is 0 Å². The van der Waals surface area contributed by atoms with Gasteiger partial charge in [-0.25, -0.2) is 0 Å². The van der Waals surface area contributed by atoms with Crippen molar-refractivity contribution in [1.82, 2.24) is 0 Å². The third kappa shape index (κ3) is 2.04. The Kier molecular flexibility index (Phi) is 2.69. The van der Waals surface area contributed by atoms with Crippen molar-refractivity contribution in [2.24, 2.45) is 5.41 Å². The number of rotatable bonds is 2. The van der Waals surface area contributed by atoms with E-state index in [0.29, 0.717) is 18.2 Å². The highest BCUT2D eigenvalue weighted by molar-refractivity contribution is 7.65. The van der Waals surface area contributed by atoms with Gasteiger partial charge in [-0.3, -0.25) is 4.57 Å². The molecule has 0 heterocycles. The molecule has 4 heteroatoms. The van der Waals surface area contributed by atoms with Crippen molar-refractivity contribution in [2.75, 3.05) is 0 Å². The van der Waals surface area contributed by atoms with Crippen LogP contribution >= 0.6 is 7.37 Å². The summed E-state index contributed by atoms with van der Waals surface area (Å²) >= 11 is 0. The fourth-order valence-electron chi connectivity index (χ4n) is 1.97. The molecule has 1 fully saturated rings. The minimum Gasteiger partial charge on any atom is -0.340 e. The van der Waals surface area contributed by atoms with Gasteiger partial charge in [0, 0.05) is 10.7 Å². The van der Waals surface area contributed by atoms with Gasteiger partial charge in [-0.1, -0.05) is 38.2 Å². The minimum absolute atomic E-state index is 0.261. The maximum Gasteiger partial charge on any atom is 0.249 e. The first-order valence-electron chi connectivity index (χ1n) is 5.67. The maximum absolute atomic E-state index is 12.5. The SMILES string of the molecule is CC1(C)C=CC=CC(P(=O)(O)C2(C#N)CC2)=C1. The molecular weight excluding hydrogens is 233 g/mol. The van der Waals surface area contributed by atoms with Crippen LogP contribution in [-0.2, 0) is 4.57 Å². The minimum atomic E-state index is -3.59. The summed E-state index contributed by atoms with van der Waals surface area (Å²) in [5.41, 5.74) is -0.261. The third-order valence-electron chi connectivity index (χ3n) is 3.29. The van der Waals surface area contributed by atoms with Crippen molar-refractivity contribution in [3.05, 3.63) is 35.7 Å². The van der Waals surface area contributed by atoms with Crippen molar-refractivity contribution in [3.8, 4) is 6.07 Å². The van der Waals surface area contributed by atoms with E-state index in [1.54, 1.807) is 18.2 Å². The summed E-state index contributed by atoms with van der Waals surface area (Å²) in [5.74, 6) is 0. The molecule has 0 aliphatic heterocycles. The Morgan fingerprint density at radius 2 is 2.06 bits per heavy atom. The number of nitriles is 1. The zero-order chi connectivity index (χ0) is 12.7. The van der Waals surface area contributed by atoms with E-state index in [4.69, 9.17) is 5.26 Å². The smallest absolute Gasteiger partial charge is 0.249 e. The Balaban J connectivity index is 2.45. The zero-order valence-corrected chi connectivity index (χ0v) is 10.9. The van der Waals surface area contributed by atoms with Gasteiger partial charge in [-0.05, 0) is 18.9 Å². The van der Waals surface area contributed by atoms with Gasteiger partial charge in [0.1, 0.15) is 5.16 Å². The molecule has 0 aromatic heterocycles. The van der Waals surface area contributed by atoms with E-state index in [1.807, 2.05) is 32.1 Å². The van der Waals surface area contributed by atoms with Crippen LogP contribution in [0.1, 0.15) is 26.7 Å². The highest BCUT2D eigenvalue weighted by Gasteiger charge is 2.59. The van der Waals surface area contributed by atoms with Crippen LogP contribution in [0.4, 0.5) is 0 Å². The van der Waals surface area contributed by atoms with Crippen LogP contribution < -0.4 is 0 Å². The Morgan fingerprint density at radius 3 is 2.59 bits per heavy atom. The molecule has 1 saturated carbocycles. The molecule has 17 heavy (non-hydrogen) atoms. The first-order valence-corrected chi connectivity index (χ1v) is 7.32. The van der Waals surface area contributed by atoms with E-state index in [0.717, 1.165) is 0 Å². The summed E-state index contributed by atoms with van der Waals surface area (Å²) in [5, 5.41) is 8.46. The molecule has 0 aromatic carbocycles. The summed E-state index contributed by atoms with van der Waals surface area (Å²) < 4.78 is 12.5. The second kappa shape index (κ2) is 3.70. The normalized spacial score (nSPS) is 27.5. The standard InChI is InChI=1S/C13H16NO2P/c1-12(2)6-4-3-5-11(9-12)17(15,16)13(10-14)7-8-13/h3-6,9H,7-8H2,1-2H3,(H,15,16). The van der Waals surface area contributed by atoms with E-state index in [9.17, 15) is 9.46 Å². The Labute approximate surface area is 102 Å². The van der Waals surface area contributed by atoms with Crippen LogP contribution in [0.15, 0.2) is 35.7 Å². The first kappa shape index (κ1) is 12.4. The highest BCUT2D eigenvalue weighted by atomic mass is 31.2. The van der Waals surface area contributed by atoms with E-state index in [1.165, 1.54) is 0 Å². The van der Waals surface area contributed by atoms with Gasteiger partial charge in [0.05, 0.1) is 6.07 Å². The van der Waals surface area contributed by atoms with Crippen molar-refractivity contribution in [3.63, 3.8) is 0 Å². The molecule has 0 amide bonds. The van der Waals surface area contributed by atoms with Gasteiger partial charge in [-0.2, -0.15) is 5.26 Å². The second-order valence-corrected chi connectivity index (χ2v) is 7.85. The molecule has 90 valence electrons. The van der Waals surface area contributed by atoms with Crippen LogP contribution in [0.3, 0.4) is 0 Å². The lowest BCUT2D eigenvalue weighted by molar-refractivity contribution is 0.476. The number of hydrogen-bond donors (Lipinski definition) is 1. The van der Waals surface area contributed by atoms with Gasteiger partial charge >= 0.3 is 0 Å². The summed E-state index contributed by atoms with van der Waals surface area (Å²) in [6.45, 7) is 3.95. The molecule has 1 atom stereocenters. The molecule has 2 aliphatic rings. The predicted octanol–water partition coefficient (Wildman–Crippen LogP) is 3.35. The fraction of sp³-hybridized carbons (Fsp3) is 0.462. The third-order valence-corrected chi connectivity index (χ3v) is 5.97. The van der Waals surface area contributed by atoms with Crippen LogP contribution in [0, 0.1) is 16.7 Å². The van der Waals surface area contributed by atoms with Crippen LogP contribution in [0.5, 0.6) is 0 Å². The molecule has 0 aromatic rings. The van der Waals surface area contributed by atoms with E-state index in [-0.39, 0.29) is 5.41 Å². The molecule has 0 spiro atoms. The monoisotopic (exact) mass is 249 g/mol. The van der Waals surface area contributed by atoms with Crippen molar-refractivity contribution in [1.29, 1.82) is 5.26 Å². The summed E-state index contributed by atoms with van der Waals surface area (Å²) in [7, 11) is -3.59. The van der Waals surface area contributed by atoms with Crippen molar-refractivity contribution in [2.45, 2.75) is 31.8 Å². The molecule has 1 N–H and O–H groups in total. The summed E-state index contributed by atoms with van der Waals surface area (Å²) in [6.07, 6.45) is 10.1.